The van der Waals surface area contributed by atoms with Crippen LogP contribution in [0.3, 0.4) is 0 Å². The van der Waals surface area contributed by atoms with Crippen molar-refractivity contribution < 1.29 is 9.47 Å². The molecule has 138 valence electrons. The summed E-state index contributed by atoms with van der Waals surface area (Å²) >= 11 is 0. The van der Waals surface area contributed by atoms with Crippen LogP contribution in [-0.2, 0) is 22.3 Å². The fourth-order valence-corrected chi connectivity index (χ4v) is 4.55. The number of nitriles is 3. The van der Waals surface area contributed by atoms with Crippen molar-refractivity contribution in [2.75, 3.05) is 0 Å². The van der Waals surface area contributed by atoms with Crippen molar-refractivity contribution in [2.24, 2.45) is 23.8 Å². The van der Waals surface area contributed by atoms with Crippen LogP contribution in [-0.4, -0.2) is 10.5 Å². The van der Waals surface area contributed by atoms with Crippen LogP contribution in [0.2, 0.25) is 0 Å². The molecule has 2 aromatic rings. The Hall–Kier alpha value is -3.60. The Balaban J connectivity index is 2.07. The molecule has 0 amide bonds. The largest absolute Gasteiger partial charge is 0.443 e. The number of aromatic nitrogens is 1. The summed E-state index contributed by atoms with van der Waals surface area (Å²) in [5.41, 5.74) is -2.53. The third kappa shape index (κ3) is 1.76. The molecule has 28 heavy (non-hydrogen) atoms. The lowest BCUT2D eigenvalue weighted by molar-refractivity contribution is -0.289. The maximum atomic E-state index is 10.2. The van der Waals surface area contributed by atoms with Crippen LogP contribution in [0, 0.1) is 56.2 Å². The first-order chi connectivity index (χ1) is 13.4. The van der Waals surface area contributed by atoms with E-state index in [2.05, 4.69) is 6.07 Å². The summed E-state index contributed by atoms with van der Waals surface area (Å²) in [6, 6.07) is 18.8. The number of rotatable bonds is 2. The fraction of sp³-hybridized carbons (Fsp3) is 0.333. The lowest BCUT2D eigenvalue weighted by Crippen LogP contribution is -2.57. The maximum Gasteiger partial charge on any atom is 0.244 e. The molecule has 0 spiro atoms. The second kappa shape index (κ2) is 5.70. The van der Waals surface area contributed by atoms with E-state index >= 15 is 0 Å². The van der Waals surface area contributed by atoms with Gasteiger partial charge >= 0.3 is 0 Å². The summed E-state index contributed by atoms with van der Waals surface area (Å²) in [6.45, 7) is 1.70. The van der Waals surface area contributed by atoms with Crippen molar-refractivity contribution >= 4 is 5.90 Å². The van der Waals surface area contributed by atoms with Gasteiger partial charge in [0.1, 0.15) is 6.10 Å². The van der Waals surface area contributed by atoms with Crippen LogP contribution in [0.25, 0.3) is 0 Å². The standard InChI is InChI=1S/C21H17N5O2/c1-14-20(13-24)18(25)28-21(14,15-7-4-3-5-8-15)27-17(19(20,11-22)12-23)16-9-6-10-26(16)2/h3-10,14,17,25H,1-2H3. The minimum Gasteiger partial charge on any atom is -0.443 e. The smallest absolute Gasteiger partial charge is 0.244 e. The molecule has 0 aliphatic carbocycles. The lowest BCUT2D eigenvalue weighted by Gasteiger charge is -2.48. The molecule has 4 unspecified atom stereocenters. The van der Waals surface area contributed by atoms with Crippen molar-refractivity contribution in [1.82, 2.24) is 4.57 Å². The molecule has 2 aliphatic rings. The molecule has 2 saturated heterocycles. The van der Waals surface area contributed by atoms with E-state index in [1.807, 2.05) is 30.3 Å². The summed E-state index contributed by atoms with van der Waals surface area (Å²) in [7, 11) is 1.78. The van der Waals surface area contributed by atoms with Crippen molar-refractivity contribution in [3.63, 3.8) is 0 Å². The molecular weight excluding hydrogens is 354 g/mol. The Labute approximate surface area is 162 Å². The van der Waals surface area contributed by atoms with E-state index in [-0.39, 0.29) is 0 Å². The Morgan fingerprint density at radius 1 is 1.04 bits per heavy atom. The van der Waals surface area contributed by atoms with E-state index in [9.17, 15) is 15.8 Å². The minimum atomic E-state index is -1.95. The Kier molecular flexibility index (Phi) is 3.62. The van der Waals surface area contributed by atoms with E-state index in [4.69, 9.17) is 14.9 Å². The molecule has 7 nitrogen and oxygen atoms in total. The van der Waals surface area contributed by atoms with E-state index in [0.29, 0.717) is 11.3 Å². The molecule has 4 rings (SSSR count). The van der Waals surface area contributed by atoms with Gasteiger partial charge in [0.25, 0.3) is 0 Å². The van der Waals surface area contributed by atoms with Crippen molar-refractivity contribution in [2.45, 2.75) is 18.8 Å². The number of hydrogen-bond acceptors (Lipinski definition) is 6. The van der Waals surface area contributed by atoms with Gasteiger partial charge in [-0.2, -0.15) is 15.8 Å². The Morgan fingerprint density at radius 2 is 1.71 bits per heavy atom. The van der Waals surface area contributed by atoms with Crippen molar-refractivity contribution in [1.29, 1.82) is 21.2 Å². The van der Waals surface area contributed by atoms with E-state index < -0.39 is 34.5 Å². The average Bonchev–Trinajstić information content (AvgIpc) is 3.20. The average molecular weight is 371 g/mol. The molecule has 3 heterocycles. The van der Waals surface area contributed by atoms with Gasteiger partial charge in [-0.15, -0.1) is 0 Å². The number of benzene rings is 1. The zero-order valence-electron chi connectivity index (χ0n) is 15.4. The molecular formula is C21H17N5O2. The normalized spacial score (nSPS) is 32.6. The SMILES string of the molecule is CC1C2(c3ccccc3)OC(=N)C1(C#N)C(C#N)(C#N)C(c1cccn1C)O2. The third-order valence-corrected chi connectivity index (χ3v) is 6.10. The van der Waals surface area contributed by atoms with Gasteiger partial charge in [-0.05, 0) is 12.1 Å². The summed E-state index contributed by atoms with van der Waals surface area (Å²) < 4.78 is 14.1. The summed E-state index contributed by atoms with van der Waals surface area (Å²) in [6.07, 6.45) is 0.694. The number of hydrogen-bond donors (Lipinski definition) is 1. The van der Waals surface area contributed by atoms with Crippen LogP contribution in [0.15, 0.2) is 48.7 Å². The fourth-order valence-electron chi connectivity index (χ4n) is 4.55. The van der Waals surface area contributed by atoms with Gasteiger partial charge in [-0.25, -0.2) is 0 Å². The number of ether oxygens (including phenoxy) is 2. The Morgan fingerprint density at radius 3 is 2.25 bits per heavy atom. The van der Waals surface area contributed by atoms with Crippen LogP contribution >= 0.6 is 0 Å². The van der Waals surface area contributed by atoms with Crippen LogP contribution in [0.4, 0.5) is 0 Å². The van der Waals surface area contributed by atoms with Gasteiger partial charge in [0, 0.05) is 24.5 Å². The summed E-state index contributed by atoms with van der Waals surface area (Å²) in [4.78, 5) is 0. The van der Waals surface area contributed by atoms with E-state index in [0.717, 1.165) is 0 Å². The van der Waals surface area contributed by atoms with Crippen LogP contribution < -0.4 is 0 Å². The minimum absolute atomic E-state index is 0.411. The maximum absolute atomic E-state index is 10.2. The van der Waals surface area contributed by atoms with Gasteiger partial charge < -0.3 is 14.0 Å². The van der Waals surface area contributed by atoms with E-state index in [1.54, 1.807) is 49.0 Å². The highest BCUT2D eigenvalue weighted by Crippen LogP contribution is 2.68. The number of nitrogens with one attached hydrogen (secondary N) is 1. The summed E-state index contributed by atoms with van der Waals surface area (Å²) in [5, 5.41) is 39.0. The first-order valence-corrected chi connectivity index (χ1v) is 8.80. The van der Waals surface area contributed by atoms with E-state index in [1.165, 1.54) is 0 Å². The van der Waals surface area contributed by atoms with Gasteiger partial charge in [-0.3, -0.25) is 5.41 Å². The second-order valence-corrected chi connectivity index (χ2v) is 7.18. The molecule has 2 aliphatic heterocycles. The highest BCUT2D eigenvalue weighted by Gasteiger charge is 2.80. The topological polar surface area (TPSA) is 119 Å². The monoisotopic (exact) mass is 371 g/mol. The van der Waals surface area contributed by atoms with Crippen molar-refractivity contribution in [3.8, 4) is 18.2 Å². The van der Waals surface area contributed by atoms with Crippen LogP contribution in [0.5, 0.6) is 0 Å². The van der Waals surface area contributed by atoms with Gasteiger partial charge in [0.15, 0.2) is 5.41 Å². The summed E-state index contributed by atoms with van der Waals surface area (Å²) in [5.74, 6) is -2.61. The second-order valence-electron chi connectivity index (χ2n) is 7.18. The molecule has 4 atom stereocenters. The molecule has 0 radical (unpaired) electrons. The molecule has 0 saturated carbocycles. The van der Waals surface area contributed by atoms with Gasteiger partial charge in [-0.1, -0.05) is 37.3 Å². The highest BCUT2D eigenvalue weighted by molar-refractivity contribution is 5.89. The first kappa shape index (κ1) is 17.8. The number of nitrogens with zero attached hydrogens (tertiary/aromatic N) is 4. The number of fused-ring (bicyclic) bond motifs is 2. The zero-order valence-corrected chi connectivity index (χ0v) is 15.4. The van der Waals surface area contributed by atoms with Crippen molar-refractivity contribution in [3.05, 3.63) is 59.9 Å². The molecule has 1 aromatic heterocycles. The zero-order chi connectivity index (χ0) is 20.2. The molecule has 1 N–H and O–H groups in total. The van der Waals surface area contributed by atoms with Crippen LogP contribution in [0.1, 0.15) is 24.3 Å². The predicted octanol–water partition coefficient (Wildman–Crippen LogP) is 3.14. The highest BCUT2D eigenvalue weighted by atomic mass is 16.7. The quantitative estimate of drug-likeness (QED) is 0.870. The molecule has 2 fully saturated rings. The Bertz CT molecular complexity index is 1070. The third-order valence-electron chi connectivity index (χ3n) is 6.10. The lowest BCUT2D eigenvalue weighted by atomic mass is 9.54. The first-order valence-electron chi connectivity index (χ1n) is 8.80. The molecule has 7 heteroatoms. The van der Waals surface area contributed by atoms with Gasteiger partial charge in [0.05, 0.1) is 24.1 Å². The van der Waals surface area contributed by atoms with Gasteiger partial charge in [0.2, 0.25) is 17.1 Å². The number of aryl methyl sites for hydroxylation is 1. The molecule has 1 aromatic carbocycles. The molecule has 2 bridgehead atoms. The predicted molar refractivity (Wildman–Crippen MR) is 97.0 cm³/mol.